The summed E-state index contributed by atoms with van der Waals surface area (Å²) in [6.45, 7) is -0.102. The minimum absolute atomic E-state index is 0.0204. The number of H-pyrrole nitrogens is 2. The molecular weight excluding hydrogens is 299 g/mol. The van der Waals surface area contributed by atoms with Crippen molar-refractivity contribution in [2.75, 3.05) is 0 Å². The van der Waals surface area contributed by atoms with Crippen molar-refractivity contribution in [3.05, 3.63) is 68.0 Å². The van der Waals surface area contributed by atoms with Gasteiger partial charge in [0.1, 0.15) is 6.04 Å². The second-order valence-electron chi connectivity index (χ2n) is 5.14. The molecule has 2 N–H and O–H groups in total. The average molecular weight is 311 g/mol. The Balaban J connectivity index is 2.04. The number of hydrogen-bond donors (Lipinski definition) is 2. The van der Waals surface area contributed by atoms with Crippen molar-refractivity contribution < 1.29 is 13.2 Å². The number of rotatable bonds is 2. The average Bonchev–Trinajstić information content (AvgIpc) is 2.78. The lowest BCUT2D eigenvalue weighted by Gasteiger charge is -2.26. The van der Waals surface area contributed by atoms with Gasteiger partial charge in [0.15, 0.2) is 0 Å². The molecule has 0 saturated heterocycles. The second-order valence-corrected chi connectivity index (χ2v) is 5.14. The van der Waals surface area contributed by atoms with E-state index in [2.05, 4.69) is 4.98 Å². The Morgan fingerprint density at radius 1 is 1.14 bits per heavy atom. The molecule has 1 aromatic carbocycles. The predicted molar refractivity (Wildman–Crippen MR) is 72.2 cm³/mol. The van der Waals surface area contributed by atoms with Gasteiger partial charge in [0.05, 0.1) is 5.56 Å². The molecule has 1 aliphatic rings. The van der Waals surface area contributed by atoms with Crippen LogP contribution in [0.15, 0.2) is 39.9 Å². The summed E-state index contributed by atoms with van der Waals surface area (Å²) in [5, 5.41) is 0. The molecule has 1 unspecified atom stereocenters. The highest BCUT2D eigenvalue weighted by molar-refractivity contribution is 5.28. The third-order valence-corrected chi connectivity index (χ3v) is 3.60. The zero-order valence-corrected chi connectivity index (χ0v) is 11.3. The van der Waals surface area contributed by atoms with Crippen molar-refractivity contribution in [1.29, 1.82) is 0 Å². The summed E-state index contributed by atoms with van der Waals surface area (Å²) in [6, 6.07) is 6.63. The number of nitrogens with zero attached hydrogens (tertiary/aromatic N) is 1. The maximum Gasteiger partial charge on any atom is 0.408 e. The van der Waals surface area contributed by atoms with Crippen LogP contribution in [0.3, 0.4) is 0 Å². The smallest absolute Gasteiger partial charge is 0.310 e. The van der Waals surface area contributed by atoms with E-state index in [1.54, 1.807) is 30.3 Å². The quantitative estimate of drug-likeness (QED) is 0.886. The first kappa shape index (κ1) is 14.6. The molecule has 0 saturated carbocycles. The van der Waals surface area contributed by atoms with Gasteiger partial charge in [-0.15, -0.1) is 0 Å². The number of fused-ring (bicyclic) bond motifs is 1. The molecule has 0 radical (unpaired) electrons. The van der Waals surface area contributed by atoms with Gasteiger partial charge in [-0.1, -0.05) is 30.3 Å². The van der Waals surface area contributed by atoms with Crippen LogP contribution in [0.1, 0.15) is 22.9 Å². The number of aromatic nitrogens is 2. The van der Waals surface area contributed by atoms with Crippen LogP contribution in [-0.4, -0.2) is 21.0 Å². The lowest BCUT2D eigenvalue weighted by molar-refractivity contribution is -0.185. The summed E-state index contributed by atoms with van der Waals surface area (Å²) < 4.78 is 40.2. The lowest BCUT2D eigenvalue weighted by Crippen LogP contribution is -2.36. The van der Waals surface area contributed by atoms with E-state index in [0.717, 1.165) is 4.90 Å². The SMILES string of the molecule is O=c1[nH]c2c(c(=O)[nH]1)C(C(F)(F)F)N(Cc1ccccc1)C2. The molecule has 1 atom stereocenters. The van der Waals surface area contributed by atoms with Crippen molar-refractivity contribution in [1.82, 2.24) is 14.9 Å². The molecule has 1 aliphatic heterocycles. The fourth-order valence-electron chi connectivity index (χ4n) is 2.77. The van der Waals surface area contributed by atoms with Gasteiger partial charge in [-0.3, -0.25) is 14.7 Å². The number of aromatic amines is 2. The van der Waals surface area contributed by atoms with Crippen LogP contribution in [0, 0.1) is 0 Å². The summed E-state index contributed by atoms with van der Waals surface area (Å²) in [4.78, 5) is 28.3. The summed E-state index contributed by atoms with van der Waals surface area (Å²) in [5.41, 5.74) is -1.50. The number of benzene rings is 1. The van der Waals surface area contributed by atoms with Crippen molar-refractivity contribution >= 4 is 0 Å². The van der Waals surface area contributed by atoms with E-state index in [1.807, 2.05) is 4.98 Å². The Morgan fingerprint density at radius 2 is 1.82 bits per heavy atom. The highest BCUT2D eigenvalue weighted by Crippen LogP contribution is 2.42. The molecule has 8 heteroatoms. The summed E-state index contributed by atoms with van der Waals surface area (Å²) in [5.74, 6) is 0. The van der Waals surface area contributed by atoms with Crippen LogP contribution in [-0.2, 0) is 13.1 Å². The molecule has 0 aliphatic carbocycles. The first-order chi connectivity index (χ1) is 10.4. The van der Waals surface area contributed by atoms with E-state index < -0.39 is 29.0 Å². The summed E-state index contributed by atoms with van der Waals surface area (Å²) in [7, 11) is 0. The standard InChI is InChI=1S/C14H12F3N3O2/c15-14(16,17)11-10-9(18-13(22)19-12(10)21)7-20(11)6-8-4-2-1-3-5-8/h1-5,11H,6-7H2,(H2,18,19,21,22). The summed E-state index contributed by atoms with van der Waals surface area (Å²) >= 11 is 0. The first-order valence-corrected chi connectivity index (χ1v) is 6.56. The highest BCUT2D eigenvalue weighted by Gasteiger charge is 2.50. The molecule has 3 rings (SSSR count). The van der Waals surface area contributed by atoms with Crippen LogP contribution in [0.4, 0.5) is 13.2 Å². The topological polar surface area (TPSA) is 69.0 Å². The molecule has 0 fully saturated rings. The van der Waals surface area contributed by atoms with E-state index >= 15 is 0 Å². The van der Waals surface area contributed by atoms with Crippen LogP contribution in [0.25, 0.3) is 0 Å². The van der Waals surface area contributed by atoms with Gasteiger partial charge in [0.2, 0.25) is 0 Å². The molecule has 0 bridgehead atoms. The normalized spacial score (nSPS) is 18.4. The molecular formula is C14H12F3N3O2. The molecule has 116 valence electrons. The molecule has 2 aromatic rings. The number of halogens is 3. The fourth-order valence-corrected chi connectivity index (χ4v) is 2.77. The summed E-state index contributed by atoms with van der Waals surface area (Å²) in [6.07, 6.45) is -4.61. The highest BCUT2D eigenvalue weighted by atomic mass is 19.4. The second kappa shape index (κ2) is 5.13. The van der Waals surface area contributed by atoms with Gasteiger partial charge in [-0.05, 0) is 5.56 Å². The zero-order valence-electron chi connectivity index (χ0n) is 11.3. The lowest BCUT2D eigenvalue weighted by atomic mass is 10.1. The van der Waals surface area contributed by atoms with Gasteiger partial charge >= 0.3 is 11.9 Å². The van der Waals surface area contributed by atoms with Gasteiger partial charge in [-0.2, -0.15) is 13.2 Å². The minimum Gasteiger partial charge on any atom is -0.310 e. The van der Waals surface area contributed by atoms with Gasteiger partial charge in [-0.25, -0.2) is 4.79 Å². The molecule has 5 nitrogen and oxygen atoms in total. The predicted octanol–water partition coefficient (Wildman–Crippen LogP) is 1.68. The fraction of sp³-hybridized carbons (Fsp3) is 0.286. The van der Waals surface area contributed by atoms with Gasteiger partial charge < -0.3 is 4.98 Å². The Morgan fingerprint density at radius 3 is 2.45 bits per heavy atom. The molecule has 0 amide bonds. The Kier molecular flexibility index (Phi) is 3.40. The third kappa shape index (κ3) is 2.57. The van der Waals surface area contributed by atoms with E-state index in [0.29, 0.717) is 5.56 Å². The number of hydrogen-bond acceptors (Lipinski definition) is 3. The van der Waals surface area contributed by atoms with Crippen LogP contribution < -0.4 is 11.2 Å². The van der Waals surface area contributed by atoms with Crippen molar-refractivity contribution in [2.45, 2.75) is 25.3 Å². The molecule has 0 spiro atoms. The van der Waals surface area contributed by atoms with Crippen LogP contribution >= 0.6 is 0 Å². The maximum absolute atomic E-state index is 13.4. The van der Waals surface area contributed by atoms with Crippen molar-refractivity contribution in [3.8, 4) is 0 Å². The monoisotopic (exact) mass is 311 g/mol. The van der Waals surface area contributed by atoms with E-state index in [-0.39, 0.29) is 18.8 Å². The number of nitrogens with one attached hydrogen (secondary N) is 2. The Hall–Kier alpha value is -2.35. The Bertz CT molecular complexity index is 795. The van der Waals surface area contributed by atoms with Crippen LogP contribution in [0.5, 0.6) is 0 Å². The number of alkyl halides is 3. The molecule has 1 aromatic heterocycles. The molecule has 2 heterocycles. The maximum atomic E-state index is 13.4. The van der Waals surface area contributed by atoms with E-state index in [4.69, 9.17) is 0 Å². The third-order valence-electron chi connectivity index (χ3n) is 3.60. The van der Waals surface area contributed by atoms with E-state index in [1.165, 1.54) is 0 Å². The van der Waals surface area contributed by atoms with Crippen molar-refractivity contribution in [3.63, 3.8) is 0 Å². The van der Waals surface area contributed by atoms with Gasteiger partial charge in [0, 0.05) is 18.8 Å². The van der Waals surface area contributed by atoms with Gasteiger partial charge in [0.25, 0.3) is 5.56 Å². The largest absolute Gasteiger partial charge is 0.408 e. The van der Waals surface area contributed by atoms with E-state index in [9.17, 15) is 22.8 Å². The molecule has 22 heavy (non-hydrogen) atoms. The Labute approximate surface area is 122 Å². The first-order valence-electron chi connectivity index (χ1n) is 6.56. The van der Waals surface area contributed by atoms with Crippen molar-refractivity contribution in [2.24, 2.45) is 0 Å². The minimum atomic E-state index is -4.61. The van der Waals surface area contributed by atoms with Crippen LogP contribution in [0.2, 0.25) is 0 Å². The zero-order chi connectivity index (χ0) is 15.9.